The molecule has 0 fully saturated rings. The van der Waals surface area contributed by atoms with E-state index < -0.39 is 0 Å². The van der Waals surface area contributed by atoms with Gasteiger partial charge in [0, 0.05) is 0 Å². The number of carbonyl (C=O) groups excluding carboxylic acids is 1. The Kier molecular flexibility index (Phi) is 4.10. The Morgan fingerprint density at radius 2 is 1.71 bits per heavy atom. The molecular weight excluding hydrogens is 372 g/mol. The molecule has 3 rings (SSSR count). The maximum atomic E-state index is 12.8. The van der Waals surface area contributed by atoms with Crippen LogP contribution in [0, 0.1) is 0 Å². The van der Waals surface area contributed by atoms with Crippen LogP contribution in [0.1, 0.15) is 5.56 Å². The second-order valence-electron chi connectivity index (χ2n) is 4.50. The van der Waals surface area contributed by atoms with Crippen molar-refractivity contribution >= 4 is 61.0 Å². The summed E-state index contributed by atoms with van der Waals surface area (Å²) in [7, 11) is 0. The van der Waals surface area contributed by atoms with Crippen LogP contribution in [0.5, 0.6) is 0 Å². The van der Waals surface area contributed by atoms with Gasteiger partial charge in [-0.2, -0.15) is 0 Å². The van der Waals surface area contributed by atoms with Crippen molar-refractivity contribution in [1.29, 1.82) is 0 Å². The Labute approximate surface area is 139 Å². The number of nitrogens with zero attached hydrogens (tertiary/aromatic N) is 1. The Morgan fingerprint density at radius 3 is 2.38 bits per heavy atom. The molecule has 0 N–H and O–H groups in total. The van der Waals surface area contributed by atoms with Crippen molar-refractivity contribution in [2.45, 2.75) is 5.82 Å². The minimum absolute atomic E-state index is 0.0741. The summed E-state index contributed by atoms with van der Waals surface area (Å²) in [5, 5.41) is 0.933. The van der Waals surface area contributed by atoms with Gasteiger partial charge in [0.1, 0.15) is 0 Å². The van der Waals surface area contributed by atoms with Crippen LogP contribution < -0.4 is 4.90 Å². The van der Waals surface area contributed by atoms with Gasteiger partial charge in [-0.3, -0.25) is 0 Å². The van der Waals surface area contributed by atoms with Crippen LogP contribution in [0.15, 0.2) is 47.4 Å². The summed E-state index contributed by atoms with van der Waals surface area (Å²) in [5.74, 6) is 2.00. The second-order valence-corrected chi connectivity index (χ2v) is 6.79. The zero-order valence-corrected chi connectivity index (χ0v) is 14.4. The van der Waals surface area contributed by atoms with Gasteiger partial charge in [0.2, 0.25) is 0 Å². The van der Waals surface area contributed by atoms with Gasteiger partial charge in [0.25, 0.3) is 0 Å². The van der Waals surface area contributed by atoms with E-state index in [4.69, 9.17) is 23.2 Å². The zero-order chi connectivity index (χ0) is 15.0. The molecule has 0 radical (unpaired) electrons. The van der Waals surface area contributed by atoms with Crippen LogP contribution in [0.4, 0.5) is 11.4 Å². The summed E-state index contributed by atoms with van der Waals surface area (Å²) in [4.78, 5) is 16.4. The number of rotatable bonds is 2. The van der Waals surface area contributed by atoms with Crippen molar-refractivity contribution in [2.24, 2.45) is 0 Å². The van der Waals surface area contributed by atoms with Crippen molar-refractivity contribution in [3.63, 3.8) is 0 Å². The number of halogens is 2. The van der Waals surface area contributed by atoms with Crippen molar-refractivity contribution in [1.82, 2.24) is 0 Å². The normalized spacial score (nSPS) is 15.7. The van der Waals surface area contributed by atoms with Crippen LogP contribution in [-0.2, 0) is 4.79 Å². The summed E-state index contributed by atoms with van der Waals surface area (Å²) in [6.45, 7) is 0. The van der Waals surface area contributed by atoms with E-state index in [1.807, 2.05) is 29.2 Å². The first-order valence-electron chi connectivity index (χ1n) is 6.26. The molecule has 2 aromatic rings. The predicted molar refractivity (Wildman–Crippen MR) is 89.6 cm³/mol. The van der Waals surface area contributed by atoms with Gasteiger partial charge in [-0.1, -0.05) is 0 Å². The summed E-state index contributed by atoms with van der Waals surface area (Å²) in [5.41, 5.74) is 3.03. The standard InChI is InChI=1S/C16H11Cl2NOSe/c1-21-9-11-10-5-2-3-8-14(10)19(16(11)20)15-12(17)6-4-7-13(15)18/h2-9H,1H3/b11-9+. The first kappa shape index (κ1) is 14.7. The number of hydrogen-bond donors (Lipinski definition) is 0. The van der Waals surface area contributed by atoms with E-state index in [0.29, 0.717) is 15.7 Å². The average molecular weight is 383 g/mol. The SMILES string of the molecule is C[Se]/C=C1/C(=O)N(c2c(Cl)cccc2Cl)c2ccccc21. The Hall–Kier alpha value is -1.25. The fraction of sp³-hybridized carbons (Fsp3) is 0.0625. The van der Waals surface area contributed by atoms with E-state index in [1.54, 1.807) is 23.1 Å². The molecule has 1 amide bonds. The fourth-order valence-corrected chi connectivity index (χ4v) is 3.94. The van der Waals surface area contributed by atoms with Crippen LogP contribution in [0.25, 0.3) is 5.57 Å². The molecule has 0 bridgehead atoms. The third kappa shape index (κ3) is 2.41. The molecule has 0 atom stereocenters. The van der Waals surface area contributed by atoms with Gasteiger partial charge in [-0.15, -0.1) is 0 Å². The molecular formula is C16H11Cl2NOSe. The Bertz CT molecular complexity index is 737. The molecule has 1 aliphatic heterocycles. The first-order valence-corrected chi connectivity index (χ1v) is 9.71. The predicted octanol–water partition coefficient (Wildman–Crippen LogP) is 4.76. The van der Waals surface area contributed by atoms with E-state index in [-0.39, 0.29) is 20.9 Å². The van der Waals surface area contributed by atoms with Gasteiger partial charge < -0.3 is 0 Å². The molecule has 0 saturated carbocycles. The molecule has 21 heavy (non-hydrogen) atoms. The maximum absolute atomic E-state index is 12.8. The molecule has 0 aliphatic carbocycles. The number of amides is 1. The summed E-state index contributed by atoms with van der Waals surface area (Å²) < 4.78 is 0. The third-order valence-electron chi connectivity index (χ3n) is 3.27. The summed E-state index contributed by atoms with van der Waals surface area (Å²) in [6, 6.07) is 13.0. The monoisotopic (exact) mass is 383 g/mol. The number of hydrogen-bond acceptors (Lipinski definition) is 1. The Morgan fingerprint density at radius 1 is 1.05 bits per heavy atom. The van der Waals surface area contributed by atoms with E-state index >= 15 is 0 Å². The van der Waals surface area contributed by atoms with Crippen molar-refractivity contribution in [2.75, 3.05) is 4.90 Å². The van der Waals surface area contributed by atoms with Crippen molar-refractivity contribution in [3.8, 4) is 0 Å². The number of anilines is 2. The molecule has 1 aliphatic rings. The summed E-state index contributed by atoms with van der Waals surface area (Å²) in [6.07, 6.45) is 0. The van der Waals surface area contributed by atoms with Gasteiger partial charge in [-0.25, -0.2) is 0 Å². The third-order valence-corrected chi connectivity index (χ3v) is 4.86. The topological polar surface area (TPSA) is 20.3 Å². The molecule has 0 saturated heterocycles. The van der Waals surface area contributed by atoms with E-state index in [9.17, 15) is 4.79 Å². The first-order chi connectivity index (χ1) is 10.1. The quantitative estimate of drug-likeness (QED) is 0.541. The van der Waals surface area contributed by atoms with Gasteiger partial charge in [0.15, 0.2) is 0 Å². The average Bonchev–Trinajstić information content (AvgIpc) is 2.74. The van der Waals surface area contributed by atoms with Crippen molar-refractivity contribution < 1.29 is 4.79 Å². The molecule has 2 aromatic carbocycles. The molecule has 0 aromatic heterocycles. The van der Waals surface area contributed by atoms with Crippen LogP contribution in [0.2, 0.25) is 15.9 Å². The molecule has 0 spiro atoms. The fourth-order valence-electron chi connectivity index (χ4n) is 2.40. The van der Waals surface area contributed by atoms with Crippen LogP contribution in [0.3, 0.4) is 0 Å². The Balaban J connectivity index is 2.25. The number of carbonyl (C=O) groups is 1. The van der Waals surface area contributed by atoms with Gasteiger partial charge in [-0.05, 0) is 0 Å². The number of benzene rings is 2. The van der Waals surface area contributed by atoms with Gasteiger partial charge in [0.05, 0.1) is 0 Å². The molecule has 2 nitrogen and oxygen atoms in total. The van der Waals surface area contributed by atoms with E-state index in [1.165, 1.54) is 0 Å². The minimum atomic E-state index is -0.0741. The molecule has 1 heterocycles. The molecule has 0 unspecified atom stereocenters. The van der Waals surface area contributed by atoms with E-state index in [2.05, 4.69) is 5.82 Å². The van der Waals surface area contributed by atoms with Crippen LogP contribution >= 0.6 is 23.2 Å². The summed E-state index contributed by atoms with van der Waals surface area (Å²) >= 11 is 12.8. The van der Waals surface area contributed by atoms with Crippen LogP contribution in [-0.4, -0.2) is 20.9 Å². The van der Waals surface area contributed by atoms with Crippen molar-refractivity contribution in [3.05, 3.63) is 63.0 Å². The number of fused-ring (bicyclic) bond motifs is 1. The second kappa shape index (κ2) is 5.86. The van der Waals surface area contributed by atoms with E-state index in [0.717, 1.165) is 16.8 Å². The zero-order valence-electron chi connectivity index (χ0n) is 11.1. The molecule has 5 heteroatoms. The number of para-hydroxylation sites is 2. The molecule has 106 valence electrons. The van der Waals surface area contributed by atoms with Gasteiger partial charge >= 0.3 is 140 Å².